The molecule has 6 nitrogen and oxygen atoms in total. The molecule has 0 saturated heterocycles. The highest BCUT2D eigenvalue weighted by Crippen LogP contribution is 2.27. The first-order valence-corrected chi connectivity index (χ1v) is 7.28. The van der Waals surface area contributed by atoms with Gasteiger partial charge < -0.3 is 25.6 Å². The fourth-order valence-electron chi connectivity index (χ4n) is 2.03. The summed E-state index contributed by atoms with van der Waals surface area (Å²) in [4.78, 5) is 4.29. The van der Waals surface area contributed by atoms with Crippen molar-refractivity contribution < 1.29 is 14.6 Å². The summed E-state index contributed by atoms with van der Waals surface area (Å²) in [5.74, 6) is 1.52. The molecule has 0 saturated carbocycles. The molecule has 24 heavy (non-hydrogen) atoms. The first-order chi connectivity index (χ1) is 11.1. The number of halogens is 1. The lowest BCUT2D eigenvalue weighted by Gasteiger charge is -2.10. The number of benzene rings is 2. The molecule has 0 atom stereocenters. The van der Waals surface area contributed by atoms with Crippen molar-refractivity contribution in [1.29, 1.82) is 0 Å². The minimum absolute atomic E-state index is 0. The molecule has 0 fully saturated rings. The summed E-state index contributed by atoms with van der Waals surface area (Å²) >= 11 is 0. The Morgan fingerprint density at radius 1 is 1.21 bits per heavy atom. The molecule has 0 aliphatic heterocycles. The maximum atomic E-state index is 9.68. The number of phenols is 1. The summed E-state index contributed by atoms with van der Waals surface area (Å²) in [6.45, 7) is 2.71. The number of methoxy groups -OCH3 is 1. The van der Waals surface area contributed by atoms with Gasteiger partial charge in [0.25, 0.3) is 0 Å². The summed E-state index contributed by atoms with van der Waals surface area (Å²) in [7, 11) is 1.60. The number of guanidine groups is 1. The molecular formula is C17H22IN3O3. The van der Waals surface area contributed by atoms with Crippen molar-refractivity contribution in [2.75, 3.05) is 19.0 Å². The second kappa shape index (κ2) is 9.86. The summed E-state index contributed by atoms with van der Waals surface area (Å²) in [5, 5.41) is 12.7. The number of ether oxygens (including phenoxy) is 2. The Bertz CT molecular complexity index is 693. The second-order valence-electron chi connectivity index (χ2n) is 4.76. The maximum Gasteiger partial charge on any atom is 0.193 e. The minimum atomic E-state index is 0. The first kappa shape index (κ1) is 19.9. The molecular weight excluding hydrogens is 421 g/mol. The molecule has 0 aliphatic carbocycles. The predicted octanol–water partition coefficient (Wildman–Crippen LogP) is 3.34. The van der Waals surface area contributed by atoms with E-state index in [4.69, 9.17) is 15.2 Å². The molecule has 4 N–H and O–H groups in total. The summed E-state index contributed by atoms with van der Waals surface area (Å²) in [6.07, 6.45) is 0. The molecule has 0 amide bonds. The molecule has 130 valence electrons. The van der Waals surface area contributed by atoms with Crippen molar-refractivity contribution in [1.82, 2.24) is 0 Å². The molecule has 0 radical (unpaired) electrons. The lowest BCUT2D eigenvalue weighted by molar-refractivity contribution is 0.318. The van der Waals surface area contributed by atoms with Crippen molar-refractivity contribution in [2.45, 2.75) is 13.5 Å². The van der Waals surface area contributed by atoms with Crippen LogP contribution in [0.4, 0.5) is 5.69 Å². The van der Waals surface area contributed by atoms with Gasteiger partial charge in [-0.1, -0.05) is 18.2 Å². The van der Waals surface area contributed by atoms with Gasteiger partial charge in [-0.25, -0.2) is 4.99 Å². The molecule has 0 aliphatic rings. The van der Waals surface area contributed by atoms with E-state index in [1.54, 1.807) is 25.3 Å². The van der Waals surface area contributed by atoms with Crippen LogP contribution >= 0.6 is 24.0 Å². The molecule has 2 rings (SSSR count). The number of aromatic hydroxyl groups is 1. The van der Waals surface area contributed by atoms with Crippen molar-refractivity contribution in [2.24, 2.45) is 10.7 Å². The summed E-state index contributed by atoms with van der Waals surface area (Å²) in [5.41, 5.74) is 7.54. The van der Waals surface area contributed by atoms with Crippen LogP contribution in [0.2, 0.25) is 0 Å². The average molecular weight is 443 g/mol. The minimum Gasteiger partial charge on any atom is -0.504 e. The van der Waals surface area contributed by atoms with Crippen molar-refractivity contribution in [3.8, 4) is 17.2 Å². The van der Waals surface area contributed by atoms with Gasteiger partial charge in [0, 0.05) is 0 Å². The molecule has 2 aromatic carbocycles. The monoisotopic (exact) mass is 443 g/mol. The van der Waals surface area contributed by atoms with E-state index in [1.165, 1.54) is 0 Å². The Balaban J connectivity index is 0.00000288. The number of phenolic OH excluding ortho intramolecular Hbond substituents is 1. The van der Waals surface area contributed by atoms with Gasteiger partial charge in [-0.2, -0.15) is 0 Å². The van der Waals surface area contributed by atoms with Crippen LogP contribution in [0.15, 0.2) is 47.5 Å². The van der Waals surface area contributed by atoms with E-state index in [2.05, 4.69) is 10.3 Å². The highest BCUT2D eigenvalue weighted by molar-refractivity contribution is 14.0. The van der Waals surface area contributed by atoms with Gasteiger partial charge in [0.15, 0.2) is 17.5 Å². The van der Waals surface area contributed by atoms with Crippen molar-refractivity contribution >= 4 is 35.6 Å². The molecule has 0 spiro atoms. The number of para-hydroxylation sites is 2. The van der Waals surface area contributed by atoms with Crippen LogP contribution in [0.1, 0.15) is 12.5 Å². The molecule has 0 aromatic heterocycles. The highest BCUT2D eigenvalue weighted by atomic mass is 127. The third-order valence-corrected chi connectivity index (χ3v) is 3.13. The Kier molecular flexibility index (Phi) is 8.17. The number of nitrogens with one attached hydrogen (secondary N) is 1. The third-order valence-electron chi connectivity index (χ3n) is 3.13. The van der Waals surface area contributed by atoms with E-state index in [0.29, 0.717) is 24.7 Å². The fraction of sp³-hybridized carbons (Fsp3) is 0.235. The number of rotatable bonds is 6. The largest absolute Gasteiger partial charge is 0.504 e. The Morgan fingerprint density at radius 3 is 2.67 bits per heavy atom. The van der Waals surface area contributed by atoms with Crippen molar-refractivity contribution in [3.05, 3.63) is 48.0 Å². The topological polar surface area (TPSA) is 89.1 Å². The van der Waals surface area contributed by atoms with Crippen LogP contribution in [0.3, 0.4) is 0 Å². The zero-order valence-electron chi connectivity index (χ0n) is 13.7. The molecule has 0 bridgehead atoms. The number of aliphatic imine (C=N–C) groups is 1. The number of hydrogen-bond donors (Lipinski definition) is 3. The smallest absolute Gasteiger partial charge is 0.193 e. The lowest BCUT2D eigenvalue weighted by atomic mass is 10.2. The average Bonchev–Trinajstić information content (AvgIpc) is 2.56. The van der Waals surface area contributed by atoms with E-state index in [9.17, 15) is 5.11 Å². The van der Waals surface area contributed by atoms with Crippen LogP contribution in [0, 0.1) is 0 Å². The summed E-state index contributed by atoms with van der Waals surface area (Å²) < 4.78 is 10.6. The quantitative estimate of drug-likeness (QED) is 0.362. The van der Waals surface area contributed by atoms with Crippen LogP contribution in [0.25, 0.3) is 0 Å². The standard InChI is InChI=1S/C17H21N3O3.HI/c1-3-23-16-10-12(8-9-14(16)21)11-19-17(18)20-13-6-4-5-7-15(13)22-2;/h4-10,21H,3,11H2,1-2H3,(H3,18,19,20);1H. The van der Waals surface area contributed by atoms with Crippen LogP contribution in [-0.2, 0) is 6.54 Å². The lowest BCUT2D eigenvalue weighted by Crippen LogP contribution is -2.22. The zero-order chi connectivity index (χ0) is 16.7. The van der Waals surface area contributed by atoms with Gasteiger partial charge in [-0.05, 0) is 36.8 Å². The van der Waals surface area contributed by atoms with E-state index in [0.717, 1.165) is 11.3 Å². The third kappa shape index (κ3) is 5.48. The maximum absolute atomic E-state index is 9.68. The van der Waals surface area contributed by atoms with Gasteiger partial charge in [0.1, 0.15) is 5.75 Å². The second-order valence-corrected chi connectivity index (χ2v) is 4.76. The first-order valence-electron chi connectivity index (χ1n) is 7.28. The molecule has 7 heteroatoms. The van der Waals surface area contributed by atoms with Crippen LogP contribution in [0.5, 0.6) is 17.2 Å². The number of anilines is 1. The van der Waals surface area contributed by atoms with Gasteiger partial charge in [0.2, 0.25) is 0 Å². The van der Waals surface area contributed by atoms with Gasteiger partial charge in [-0.15, -0.1) is 24.0 Å². The molecule has 0 heterocycles. The molecule has 0 unspecified atom stereocenters. The SMILES string of the molecule is CCOc1cc(CN=C(N)Nc2ccccc2OC)ccc1O.I. The molecule has 2 aromatic rings. The number of nitrogens with two attached hydrogens (primary N) is 1. The van der Waals surface area contributed by atoms with Crippen LogP contribution in [-0.4, -0.2) is 24.8 Å². The highest BCUT2D eigenvalue weighted by Gasteiger charge is 2.05. The Labute approximate surface area is 158 Å². The fourth-order valence-corrected chi connectivity index (χ4v) is 2.03. The number of hydrogen-bond acceptors (Lipinski definition) is 4. The summed E-state index contributed by atoms with van der Waals surface area (Å²) in [6, 6.07) is 12.6. The van der Waals surface area contributed by atoms with E-state index < -0.39 is 0 Å². The van der Waals surface area contributed by atoms with Gasteiger partial charge in [0.05, 0.1) is 25.9 Å². The number of nitrogens with zero attached hydrogens (tertiary/aromatic N) is 1. The van der Waals surface area contributed by atoms with E-state index >= 15 is 0 Å². The Morgan fingerprint density at radius 2 is 1.96 bits per heavy atom. The normalized spacial score (nSPS) is 10.7. The zero-order valence-corrected chi connectivity index (χ0v) is 16.0. The van der Waals surface area contributed by atoms with Crippen molar-refractivity contribution in [3.63, 3.8) is 0 Å². The van der Waals surface area contributed by atoms with Gasteiger partial charge in [-0.3, -0.25) is 0 Å². The van der Waals surface area contributed by atoms with E-state index in [1.807, 2.05) is 31.2 Å². The van der Waals surface area contributed by atoms with Crippen LogP contribution < -0.4 is 20.5 Å². The predicted molar refractivity (Wildman–Crippen MR) is 107 cm³/mol. The van der Waals surface area contributed by atoms with E-state index in [-0.39, 0.29) is 35.7 Å². The van der Waals surface area contributed by atoms with Gasteiger partial charge >= 0.3 is 0 Å². The Hall–Kier alpha value is -2.16.